The van der Waals surface area contributed by atoms with E-state index in [1.54, 1.807) is 52.9 Å². The van der Waals surface area contributed by atoms with Crippen LogP contribution in [0.2, 0.25) is 0 Å². The van der Waals surface area contributed by atoms with Crippen molar-refractivity contribution in [1.82, 2.24) is 20.2 Å². The summed E-state index contributed by atoms with van der Waals surface area (Å²) >= 11 is 1.26. The molecular weight excluding hydrogens is 492 g/mol. The predicted molar refractivity (Wildman–Crippen MR) is 128 cm³/mol. The van der Waals surface area contributed by atoms with Crippen LogP contribution in [0.5, 0.6) is 0 Å². The molecule has 0 aliphatic carbocycles. The first-order valence-electron chi connectivity index (χ1n) is 11.0. The number of thiazole rings is 1. The maximum atomic E-state index is 14.3. The minimum Gasteiger partial charge on any atom is -0.345 e. The summed E-state index contributed by atoms with van der Waals surface area (Å²) in [5.74, 6) is -0.762. The van der Waals surface area contributed by atoms with Gasteiger partial charge in [-0.15, -0.1) is 11.3 Å². The summed E-state index contributed by atoms with van der Waals surface area (Å²) < 4.78 is 53.9. The highest BCUT2D eigenvalue weighted by Gasteiger charge is 2.30. The lowest BCUT2D eigenvalue weighted by Gasteiger charge is -2.22. The molecule has 0 fully saturated rings. The molecule has 0 aliphatic heterocycles. The largest absolute Gasteiger partial charge is 0.416 e. The summed E-state index contributed by atoms with van der Waals surface area (Å²) in [7, 11) is 0. The number of halogens is 4. The number of aromatic nitrogens is 2. The van der Waals surface area contributed by atoms with Gasteiger partial charge < -0.3 is 5.32 Å². The van der Waals surface area contributed by atoms with Crippen LogP contribution in [0, 0.1) is 5.82 Å². The molecule has 0 spiro atoms. The van der Waals surface area contributed by atoms with Gasteiger partial charge in [0.2, 0.25) is 0 Å². The van der Waals surface area contributed by atoms with Crippen molar-refractivity contribution >= 4 is 17.2 Å². The van der Waals surface area contributed by atoms with Crippen LogP contribution in [0.15, 0.2) is 78.3 Å². The second kappa shape index (κ2) is 11.4. The molecule has 0 unspecified atom stereocenters. The van der Waals surface area contributed by atoms with Crippen LogP contribution in [-0.2, 0) is 32.4 Å². The number of carbonyl (C=O) groups excluding carboxylic acids is 1. The third kappa shape index (κ3) is 6.96. The maximum absolute atomic E-state index is 14.3. The first-order valence-corrected chi connectivity index (χ1v) is 11.9. The highest BCUT2D eigenvalue weighted by Crippen LogP contribution is 2.30. The maximum Gasteiger partial charge on any atom is 0.416 e. The number of amides is 1. The van der Waals surface area contributed by atoms with Crippen molar-refractivity contribution in [1.29, 1.82) is 0 Å². The summed E-state index contributed by atoms with van der Waals surface area (Å²) in [5.41, 5.74) is 1.04. The molecule has 4 rings (SSSR count). The molecule has 1 amide bonds. The summed E-state index contributed by atoms with van der Waals surface area (Å²) in [6.45, 7) is 0.771. The lowest BCUT2D eigenvalue weighted by Crippen LogP contribution is -2.25. The van der Waals surface area contributed by atoms with Gasteiger partial charge in [0.25, 0.3) is 5.91 Å². The fourth-order valence-corrected chi connectivity index (χ4v) is 4.40. The molecule has 0 bridgehead atoms. The van der Waals surface area contributed by atoms with E-state index in [0.717, 1.165) is 12.1 Å². The van der Waals surface area contributed by atoms with E-state index in [1.807, 2.05) is 6.07 Å². The minimum absolute atomic E-state index is 0.138. The Hall–Kier alpha value is -3.63. The van der Waals surface area contributed by atoms with Crippen molar-refractivity contribution in [2.45, 2.75) is 32.4 Å². The SMILES string of the molecule is O=C(NCc1ccccn1)c1csc(CN(Cc2cccc(C(F)(F)F)c2)Cc2ccccc2F)n1. The molecule has 1 N–H and O–H groups in total. The van der Waals surface area contributed by atoms with E-state index in [-0.39, 0.29) is 37.8 Å². The van der Waals surface area contributed by atoms with E-state index in [4.69, 9.17) is 0 Å². The fourth-order valence-electron chi connectivity index (χ4n) is 3.58. The number of hydrogen-bond acceptors (Lipinski definition) is 5. The van der Waals surface area contributed by atoms with Crippen molar-refractivity contribution in [3.8, 4) is 0 Å². The third-order valence-electron chi connectivity index (χ3n) is 5.31. The average molecular weight is 515 g/mol. The van der Waals surface area contributed by atoms with E-state index in [0.29, 0.717) is 21.8 Å². The Morgan fingerprint density at radius 3 is 2.53 bits per heavy atom. The lowest BCUT2D eigenvalue weighted by atomic mass is 10.1. The predicted octanol–water partition coefficient (Wildman–Crippen LogP) is 5.83. The van der Waals surface area contributed by atoms with E-state index in [1.165, 1.54) is 23.5 Å². The number of pyridine rings is 1. The second-order valence-electron chi connectivity index (χ2n) is 8.06. The zero-order valence-corrected chi connectivity index (χ0v) is 19.8. The topological polar surface area (TPSA) is 58.1 Å². The Labute approximate surface area is 209 Å². The van der Waals surface area contributed by atoms with Crippen LogP contribution in [-0.4, -0.2) is 20.8 Å². The van der Waals surface area contributed by atoms with Crippen molar-refractivity contribution in [3.05, 3.63) is 117 Å². The second-order valence-corrected chi connectivity index (χ2v) is 9.01. The molecule has 0 saturated heterocycles. The molecule has 0 atom stereocenters. The van der Waals surface area contributed by atoms with E-state index in [9.17, 15) is 22.4 Å². The number of carbonyl (C=O) groups is 1. The van der Waals surface area contributed by atoms with Gasteiger partial charge in [0, 0.05) is 30.2 Å². The van der Waals surface area contributed by atoms with Gasteiger partial charge in [0.15, 0.2) is 0 Å². The average Bonchev–Trinajstić information content (AvgIpc) is 3.33. The van der Waals surface area contributed by atoms with E-state index >= 15 is 0 Å². The van der Waals surface area contributed by atoms with Gasteiger partial charge in [-0.3, -0.25) is 14.7 Å². The zero-order chi connectivity index (χ0) is 25.5. The zero-order valence-electron chi connectivity index (χ0n) is 19.0. The van der Waals surface area contributed by atoms with Crippen LogP contribution in [0.25, 0.3) is 0 Å². The molecule has 36 heavy (non-hydrogen) atoms. The van der Waals surface area contributed by atoms with Crippen LogP contribution in [0.3, 0.4) is 0 Å². The van der Waals surface area contributed by atoms with Crippen LogP contribution in [0.4, 0.5) is 17.6 Å². The molecule has 0 radical (unpaired) electrons. The standard InChI is InChI=1S/C26H22F4N4OS/c27-22-10-2-1-7-19(22)15-34(14-18-6-5-8-20(12-18)26(28,29)30)16-24-33-23(17-36-24)25(35)32-13-21-9-3-4-11-31-21/h1-12,17H,13-16H2,(H,32,35). The Morgan fingerprint density at radius 2 is 1.78 bits per heavy atom. The highest BCUT2D eigenvalue weighted by atomic mass is 32.1. The Kier molecular flexibility index (Phi) is 8.07. The number of nitrogens with one attached hydrogen (secondary N) is 1. The van der Waals surface area contributed by atoms with Crippen molar-refractivity contribution in [2.24, 2.45) is 0 Å². The molecule has 4 aromatic rings. The molecule has 10 heteroatoms. The van der Waals surface area contributed by atoms with Gasteiger partial charge in [0.1, 0.15) is 16.5 Å². The summed E-state index contributed by atoms with van der Waals surface area (Å²) in [6.07, 6.45) is -2.82. The minimum atomic E-state index is -4.46. The van der Waals surface area contributed by atoms with E-state index in [2.05, 4.69) is 15.3 Å². The fraction of sp³-hybridized carbons (Fsp3) is 0.192. The van der Waals surface area contributed by atoms with Crippen LogP contribution < -0.4 is 5.32 Å². The van der Waals surface area contributed by atoms with Gasteiger partial charge in [-0.2, -0.15) is 13.2 Å². The van der Waals surface area contributed by atoms with Gasteiger partial charge in [-0.25, -0.2) is 9.37 Å². The quantitative estimate of drug-likeness (QED) is 0.286. The van der Waals surface area contributed by atoms with Crippen molar-refractivity contribution in [3.63, 3.8) is 0 Å². The molecule has 0 aliphatic rings. The third-order valence-corrected chi connectivity index (χ3v) is 6.15. The molecule has 2 aromatic heterocycles. The number of nitrogens with zero attached hydrogens (tertiary/aromatic N) is 3. The highest BCUT2D eigenvalue weighted by molar-refractivity contribution is 7.09. The lowest BCUT2D eigenvalue weighted by molar-refractivity contribution is -0.137. The normalized spacial score (nSPS) is 11.6. The van der Waals surface area contributed by atoms with Gasteiger partial charge in [-0.05, 0) is 29.8 Å². The van der Waals surface area contributed by atoms with Crippen molar-refractivity contribution < 1.29 is 22.4 Å². The molecule has 2 aromatic carbocycles. The van der Waals surface area contributed by atoms with Gasteiger partial charge in [0.05, 0.1) is 24.3 Å². The number of hydrogen-bond donors (Lipinski definition) is 1. The van der Waals surface area contributed by atoms with E-state index < -0.39 is 17.6 Å². The number of rotatable bonds is 9. The summed E-state index contributed by atoms with van der Waals surface area (Å²) in [5, 5.41) is 4.97. The summed E-state index contributed by atoms with van der Waals surface area (Å²) in [4.78, 5) is 22.9. The monoisotopic (exact) mass is 514 g/mol. The molecule has 0 saturated carbocycles. The Bertz CT molecular complexity index is 1310. The van der Waals surface area contributed by atoms with Crippen molar-refractivity contribution in [2.75, 3.05) is 0 Å². The first kappa shape index (κ1) is 25.5. The van der Waals surface area contributed by atoms with Gasteiger partial charge >= 0.3 is 6.18 Å². The Balaban J connectivity index is 1.49. The molecule has 2 heterocycles. The molecule has 5 nitrogen and oxygen atoms in total. The van der Waals surface area contributed by atoms with Crippen LogP contribution in [0.1, 0.15) is 37.9 Å². The number of alkyl halides is 3. The Morgan fingerprint density at radius 1 is 0.972 bits per heavy atom. The molecule has 186 valence electrons. The smallest absolute Gasteiger partial charge is 0.345 e. The molecular formula is C26H22F4N4OS. The summed E-state index contributed by atoms with van der Waals surface area (Å²) in [6, 6.07) is 16.7. The first-order chi connectivity index (χ1) is 17.3. The van der Waals surface area contributed by atoms with Crippen LogP contribution >= 0.6 is 11.3 Å². The van der Waals surface area contributed by atoms with Gasteiger partial charge in [-0.1, -0.05) is 42.5 Å². The number of benzene rings is 2.